The number of hydrogen-bond donors (Lipinski definition) is 0. The van der Waals surface area contributed by atoms with Crippen molar-refractivity contribution in [3.8, 4) is 5.75 Å². The lowest BCUT2D eigenvalue weighted by molar-refractivity contribution is 0.0525. The van der Waals surface area contributed by atoms with Crippen LogP contribution in [0.2, 0.25) is 0 Å². The molecule has 4 nitrogen and oxygen atoms in total. The number of carbonyl (C=O) groups excluding carboxylic acids is 1. The molecule has 0 unspecified atom stereocenters. The lowest BCUT2D eigenvalue weighted by atomic mass is 10.1. The van der Waals surface area contributed by atoms with Gasteiger partial charge in [-0.15, -0.1) is 0 Å². The Morgan fingerprint density at radius 1 is 1.33 bits per heavy atom. The van der Waals surface area contributed by atoms with Gasteiger partial charge in [-0.05, 0) is 42.8 Å². The van der Waals surface area contributed by atoms with Crippen molar-refractivity contribution in [2.24, 2.45) is 0 Å². The Morgan fingerprint density at radius 3 is 2.95 bits per heavy atom. The molecule has 0 atom stereocenters. The van der Waals surface area contributed by atoms with Gasteiger partial charge in [-0.25, -0.2) is 4.79 Å². The van der Waals surface area contributed by atoms with Crippen LogP contribution in [0.25, 0.3) is 6.08 Å². The minimum Gasteiger partial charge on any atom is -0.497 e. The van der Waals surface area contributed by atoms with Crippen LogP contribution >= 0.6 is 0 Å². The molecule has 0 saturated heterocycles. The molecular formula is C17H16NO3. The summed E-state index contributed by atoms with van der Waals surface area (Å²) < 4.78 is 10.2. The second-order valence-electron chi connectivity index (χ2n) is 4.19. The fraction of sp³-hybridized carbons (Fsp3) is 0.176. The molecule has 0 N–H and O–H groups in total. The fourth-order valence-electron chi connectivity index (χ4n) is 1.78. The maximum atomic E-state index is 11.8. The van der Waals surface area contributed by atoms with Gasteiger partial charge in [0.25, 0.3) is 0 Å². The maximum absolute atomic E-state index is 11.8. The van der Waals surface area contributed by atoms with E-state index in [9.17, 15) is 4.79 Å². The quantitative estimate of drug-likeness (QED) is 0.790. The van der Waals surface area contributed by atoms with Crippen LogP contribution in [-0.2, 0) is 4.74 Å². The predicted octanol–water partition coefficient (Wildman–Crippen LogP) is 3.13. The number of aromatic nitrogens is 1. The maximum Gasteiger partial charge on any atom is 0.340 e. The number of methoxy groups -OCH3 is 1. The molecule has 1 radical (unpaired) electrons. The average molecular weight is 282 g/mol. The summed E-state index contributed by atoms with van der Waals surface area (Å²) >= 11 is 0. The molecule has 21 heavy (non-hydrogen) atoms. The van der Waals surface area contributed by atoms with Crippen molar-refractivity contribution in [1.29, 1.82) is 0 Å². The van der Waals surface area contributed by atoms with Gasteiger partial charge in [0.2, 0.25) is 0 Å². The molecule has 0 amide bonds. The standard InChI is InChI=1S/C17H16NO3/c1-3-21-17(19)15-8-5-11-18-16(15)10-9-13-6-4-7-14(12-13)20-2/h4-9,11-12H,3H2,1-2H3. The zero-order chi connectivity index (χ0) is 15.1. The Balaban J connectivity index is 2.26. The van der Waals surface area contributed by atoms with Crippen molar-refractivity contribution in [3.63, 3.8) is 0 Å². The lowest BCUT2D eigenvalue weighted by Gasteiger charge is -2.04. The molecule has 4 heteroatoms. The number of hydrogen-bond acceptors (Lipinski definition) is 4. The third kappa shape index (κ3) is 3.92. The SMILES string of the molecule is CCOC(=O)c1cccnc1[C]=Cc1cccc(OC)c1. The molecule has 0 fully saturated rings. The number of pyridine rings is 1. The molecule has 1 aromatic heterocycles. The molecule has 1 heterocycles. The third-order valence-corrected chi connectivity index (χ3v) is 2.77. The average Bonchev–Trinajstić information content (AvgIpc) is 2.53. The zero-order valence-electron chi connectivity index (χ0n) is 12.0. The summed E-state index contributed by atoms with van der Waals surface area (Å²) in [6.07, 6.45) is 6.40. The molecular weight excluding hydrogens is 266 g/mol. The van der Waals surface area contributed by atoms with Crippen molar-refractivity contribution in [1.82, 2.24) is 4.98 Å². The summed E-state index contributed by atoms with van der Waals surface area (Å²) in [4.78, 5) is 16.0. The van der Waals surface area contributed by atoms with E-state index in [4.69, 9.17) is 9.47 Å². The molecule has 0 aliphatic rings. The van der Waals surface area contributed by atoms with Crippen LogP contribution in [0, 0.1) is 6.08 Å². The predicted molar refractivity (Wildman–Crippen MR) is 80.0 cm³/mol. The molecule has 0 spiro atoms. The first-order valence-electron chi connectivity index (χ1n) is 6.60. The van der Waals surface area contributed by atoms with E-state index in [0.717, 1.165) is 11.3 Å². The Bertz CT molecular complexity index is 650. The smallest absolute Gasteiger partial charge is 0.340 e. The highest BCUT2D eigenvalue weighted by Crippen LogP contribution is 2.15. The number of benzene rings is 1. The van der Waals surface area contributed by atoms with Crippen LogP contribution in [0.15, 0.2) is 42.6 Å². The van der Waals surface area contributed by atoms with Gasteiger partial charge in [-0.3, -0.25) is 4.98 Å². The van der Waals surface area contributed by atoms with Crippen LogP contribution in [0.5, 0.6) is 5.75 Å². The molecule has 0 aliphatic heterocycles. The van der Waals surface area contributed by atoms with Crippen LogP contribution < -0.4 is 4.74 Å². The van der Waals surface area contributed by atoms with Crippen molar-refractivity contribution in [3.05, 3.63) is 65.5 Å². The van der Waals surface area contributed by atoms with Crippen LogP contribution in [0.3, 0.4) is 0 Å². The Hall–Kier alpha value is -2.62. The van der Waals surface area contributed by atoms with E-state index in [0.29, 0.717) is 17.9 Å². The van der Waals surface area contributed by atoms with Gasteiger partial charge in [0.05, 0.1) is 25.0 Å². The molecule has 2 aromatic rings. The summed E-state index contributed by atoms with van der Waals surface area (Å²) in [5, 5.41) is 0. The summed E-state index contributed by atoms with van der Waals surface area (Å²) in [7, 11) is 1.62. The Morgan fingerprint density at radius 2 is 2.19 bits per heavy atom. The van der Waals surface area contributed by atoms with Crippen molar-refractivity contribution in [2.45, 2.75) is 6.92 Å². The van der Waals surface area contributed by atoms with E-state index in [2.05, 4.69) is 11.1 Å². The number of rotatable bonds is 5. The second kappa shape index (κ2) is 7.24. The lowest BCUT2D eigenvalue weighted by Crippen LogP contribution is -2.07. The molecule has 1 aromatic carbocycles. The summed E-state index contributed by atoms with van der Waals surface area (Å²) in [5.74, 6) is 0.365. The Labute approximate surface area is 124 Å². The van der Waals surface area contributed by atoms with Crippen LogP contribution in [-0.4, -0.2) is 24.7 Å². The first-order chi connectivity index (χ1) is 10.2. The molecule has 0 aliphatic carbocycles. The molecule has 107 valence electrons. The van der Waals surface area contributed by atoms with Gasteiger partial charge in [0.1, 0.15) is 5.75 Å². The second-order valence-corrected chi connectivity index (χ2v) is 4.19. The van der Waals surface area contributed by atoms with Crippen molar-refractivity contribution < 1.29 is 14.3 Å². The van der Waals surface area contributed by atoms with Gasteiger partial charge in [0, 0.05) is 12.3 Å². The van der Waals surface area contributed by atoms with E-state index < -0.39 is 5.97 Å². The zero-order valence-corrected chi connectivity index (χ0v) is 12.0. The van der Waals surface area contributed by atoms with Gasteiger partial charge in [-0.1, -0.05) is 12.1 Å². The van der Waals surface area contributed by atoms with Crippen molar-refractivity contribution >= 4 is 12.0 Å². The summed E-state index contributed by atoms with van der Waals surface area (Å²) in [5.41, 5.74) is 1.77. The molecule has 2 rings (SSSR count). The largest absolute Gasteiger partial charge is 0.497 e. The third-order valence-electron chi connectivity index (χ3n) is 2.77. The van der Waals surface area contributed by atoms with Crippen molar-refractivity contribution in [2.75, 3.05) is 13.7 Å². The monoisotopic (exact) mass is 282 g/mol. The molecule has 0 bridgehead atoms. The highest BCUT2D eigenvalue weighted by molar-refractivity contribution is 5.91. The first kappa shape index (κ1) is 14.8. The topological polar surface area (TPSA) is 48.4 Å². The highest BCUT2D eigenvalue weighted by atomic mass is 16.5. The normalized spacial score (nSPS) is 10.6. The first-order valence-corrected chi connectivity index (χ1v) is 6.60. The number of nitrogens with zero attached hydrogens (tertiary/aromatic N) is 1. The number of carbonyl (C=O) groups is 1. The highest BCUT2D eigenvalue weighted by Gasteiger charge is 2.11. The van der Waals surface area contributed by atoms with Crippen LogP contribution in [0.1, 0.15) is 28.5 Å². The van der Waals surface area contributed by atoms with Gasteiger partial charge in [-0.2, -0.15) is 0 Å². The minimum absolute atomic E-state index is 0.326. The van der Waals surface area contributed by atoms with E-state index in [-0.39, 0.29) is 0 Å². The van der Waals surface area contributed by atoms with E-state index in [1.807, 2.05) is 24.3 Å². The summed E-state index contributed by atoms with van der Waals surface area (Å²) in [6, 6.07) is 10.9. The van der Waals surface area contributed by atoms with Gasteiger partial charge < -0.3 is 9.47 Å². The minimum atomic E-state index is -0.396. The molecule has 0 saturated carbocycles. The van der Waals surface area contributed by atoms with E-state index >= 15 is 0 Å². The van der Waals surface area contributed by atoms with E-state index in [1.54, 1.807) is 38.4 Å². The van der Waals surface area contributed by atoms with Gasteiger partial charge in [0.15, 0.2) is 0 Å². The summed E-state index contributed by atoms with van der Waals surface area (Å²) in [6.45, 7) is 2.09. The van der Waals surface area contributed by atoms with Gasteiger partial charge >= 0.3 is 5.97 Å². The van der Waals surface area contributed by atoms with E-state index in [1.165, 1.54) is 0 Å². The van der Waals surface area contributed by atoms with Crippen LogP contribution in [0.4, 0.5) is 0 Å². The fourth-order valence-corrected chi connectivity index (χ4v) is 1.78. The Kier molecular flexibility index (Phi) is 5.10. The number of esters is 1. The number of ether oxygens (including phenoxy) is 2.